The number of carbonyl (C=O) groups excluding carboxylic acids is 1. The van der Waals surface area contributed by atoms with Gasteiger partial charge < -0.3 is 11.1 Å². The van der Waals surface area contributed by atoms with Crippen LogP contribution in [0.15, 0.2) is 36.8 Å². The molecule has 0 saturated carbocycles. The molecule has 1 atom stereocenters. The van der Waals surface area contributed by atoms with E-state index in [1.165, 1.54) is 0 Å². The van der Waals surface area contributed by atoms with Gasteiger partial charge in [-0.15, -0.1) is 24.8 Å². The Labute approximate surface area is 148 Å². The Morgan fingerprint density at radius 3 is 2.43 bits per heavy atom. The van der Waals surface area contributed by atoms with E-state index >= 15 is 0 Å². The lowest BCUT2D eigenvalue weighted by Crippen LogP contribution is -2.45. The van der Waals surface area contributed by atoms with Crippen LogP contribution in [-0.4, -0.2) is 26.7 Å². The number of anilines is 1. The highest BCUT2D eigenvalue weighted by Gasteiger charge is 2.27. The summed E-state index contributed by atoms with van der Waals surface area (Å²) < 4.78 is 1.76. The van der Waals surface area contributed by atoms with Crippen molar-refractivity contribution in [1.29, 1.82) is 0 Å². The first-order valence-corrected chi connectivity index (χ1v) is 6.85. The summed E-state index contributed by atoms with van der Waals surface area (Å²) in [5, 5.41) is 7.06. The Morgan fingerprint density at radius 2 is 1.87 bits per heavy atom. The summed E-state index contributed by atoms with van der Waals surface area (Å²) in [6.07, 6.45) is 5.30. The van der Waals surface area contributed by atoms with Crippen LogP contribution in [-0.2, 0) is 11.3 Å². The summed E-state index contributed by atoms with van der Waals surface area (Å²) in [6, 6.07) is 5.03. The molecule has 6 nitrogen and oxygen atoms in total. The minimum Gasteiger partial charge on any atom is -0.319 e. The Kier molecular flexibility index (Phi) is 8.23. The molecule has 1 amide bonds. The van der Waals surface area contributed by atoms with Gasteiger partial charge in [-0.3, -0.25) is 14.5 Å². The molecule has 0 unspecified atom stereocenters. The van der Waals surface area contributed by atoms with Crippen molar-refractivity contribution in [2.24, 2.45) is 11.1 Å². The lowest BCUT2D eigenvalue weighted by Gasteiger charge is -2.25. The van der Waals surface area contributed by atoms with E-state index < -0.39 is 6.04 Å². The van der Waals surface area contributed by atoms with Crippen LogP contribution in [0, 0.1) is 5.41 Å². The van der Waals surface area contributed by atoms with Crippen LogP contribution >= 0.6 is 24.8 Å². The number of nitrogens with one attached hydrogen (secondary N) is 1. The number of carbonyl (C=O) groups is 1. The number of halogens is 2. The molecule has 2 heterocycles. The monoisotopic (exact) mass is 359 g/mol. The third-order valence-corrected chi connectivity index (χ3v) is 3.20. The largest absolute Gasteiger partial charge is 0.319 e. The average molecular weight is 360 g/mol. The number of nitrogens with two attached hydrogens (primary N) is 1. The highest BCUT2D eigenvalue weighted by atomic mass is 35.5. The van der Waals surface area contributed by atoms with E-state index in [1.807, 2.05) is 39.1 Å². The van der Waals surface area contributed by atoms with Crippen LogP contribution in [0.25, 0.3) is 0 Å². The number of amides is 1. The SMILES string of the molecule is CC(C)(C)[C@H](N)C(=O)Nc1ccn(Cc2ccncc2)n1.Cl.Cl. The number of rotatable bonds is 4. The van der Waals surface area contributed by atoms with Crippen molar-refractivity contribution in [2.75, 3.05) is 5.32 Å². The Balaban J connectivity index is 0.00000242. The van der Waals surface area contributed by atoms with E-state index in [4.69, 9.17) is 5.73 Å². The minimum absolute atomic E-state index is 0. The molecule has 0 aliphatic heterocycles. The molecule has 0 bridgehead atoms. The summed E-state index contributed by atoms with van der Waals surface area (Å²) in [5.74, 6) is 0.283. The fraction of sp³-hybridized carbons (Fsp3) is 0.400. The fourth-order valence-corrected chi connectivity index (χ4v) is 1.79. The quantitative estimate of drug-likeness (QED) is 0.877. The Morgan fingerprint density at radius 1 is 1.26 bits per heavy atom. The molecular weight excluding hydrogens is 337 g/mol. The topological polar surface area (TPSA) is 85.8 Å². The zero-order chi connectivity index (χ0) is 15.5. The number of nitrogens with zero attached hydrogens (tertiary/aromatic N) is 3. The smallest absolute Gasteiger partial charge is 0.243 e. The first-order valence-electron chi connectivity index (χ1n) is 6.85. The van der Waals surface area contributed by atoms with Crippen molar-refractivity contribution in [2.45, 2.75) is 33.4 Å². The van der Waals surface area contributed by atoms with Crippen LogP contribution in [0.4, 0.5) is 5.82 Å². The fourth-order valence-electron chi connectivity index (χ4n) is 1.79. The molecule has 0 radical (unpaired) electrons. The summed E-state index contributed by atoms with van der Waals surface area (Å²) in [5.41, 5.74) is 6.73. The van der Waals surface area contributed by atoms with Gasteiger partial charge in [0.05, 0.1) is 12.6 Å². The number of hydrogen-bond acceptors (Lipinski definition) is 4. The van der Waals surface area contributed by atoms with Gasteiger partial charge in [0.2, 0.25) is 5.91 Å². The maximum absolute atomic E-state index is 12.0. The standard InChI is InChI=1S/C15H21N5O.2ClH/c1-15(2,3)13(16)14(21)18-12-6-9-20(19-12)10-11-4-7-17-8-5-11;;/h4-9,13H,10,16H2,1-3H3,(H,18,19,21);2*1H/t13-;;/m1../s1. The Bertz CT molecular complexity index is 610. The molecule has 2 aromatic rings. The summed E-state index contributed by atoms with van der Waals surface area (Å²) in [4.78, 5) is 16.0. The molecule has 128 valence electrons. The third-order valence-electron chi connectivity index (χ3n) is 3.20. The normalized spacial score (nSPS) is 11.8. The molecule has 3 N–H and O–H groups in total. The molecule has 2 aromatic heterocycles. The summed E-state index contributed by atoms with van der Waals surface area (Å²) >= 11 is 0. The van der Waals surface area contributed by atoms with E-state index in [1.54, 1.807) is 23.1 Å². The Hall–Kier alpha value is -1.63. The second-order valence-electron chi connectivity index (χ2n) is 6.09. The molecule has 0 spiro atoms. The van der Waals surface area contributed by atoms with Crippen LogP contribution in [0.2, 0.25) is 0 Å². The number of hydrogen-bond donors (Lipinski definition) is 2. The summed E-state index contributed by atoms with van der Waals surface area (Å²) in [6.45, 7) is 6.42. The van der Waals surface area contributed by atoms with Crippen molar-refractivity contribution in [3.8, 4) is 0 Å². The number of aromatic nitrogens is 3. The molecular formula is C15H23Cl2N5O. The van der Waals surface area contributed by atoms with Crippen molar-refractivity contribution in [3.05, 3.63) is 42.4 Å². The van der Waals surface area contributed by atoms with Gasteiger partial charge in [-0.25, -0.2) is 0 Å². The molecule has 0 fully saturated rings. The highest BCUT2D eigenvalue weighted by molar-refractivity contribution is 5.94. The van der Waals surface area contributed by atoms with Crippen LogP contribution < -0.4 is 11.1 Å². The van der Waals surface area contributed by atoms with Gasteiger partial charge in [-0.05, 0) is 23.1 Å². The minimum atomic E-state index is -0.581. The highest BCUT2D eigenvalue weighted by Crippen LogP contribution is 2.18. The lowest BCUT2D eigenvalue weighted by molar-refractivity contribution is -0.119. The van der Waals surface area contributed by atoms with Crippen molar-refractivity contribution >= 4 is 36.5 Å². The van der Waals surface area contributed by atoms with Crippen molar-refractivity contribution in [3.63, 3.8) is 0 Å². The molecule has 23 heavy (non-hydrogen) atoms. The van der Waals surface area contributed by atoms with Crippen molar-refractivity contribution < 1.29 is 4.79 Å². The second kappa shape index (κ2) is 8.86. The van der Waals surface area contributed by atoms with E-state index in [0.29, 0.717) is 12.4 Å². The zero-order valence-corrected chi connectivity index (χ0v) is 15.0. The zero-order valence-electron chi connectivity index (χ0n) is 13.4. The molecule has 0 aliphatic rings. The summed E-state index contributed by atoms with van der Waals surface area (Å²) in [7, 11) is 0. The predicted molar refractivity (Wildman–Crippen MR) is 96.1 cm³/mol. The molecule has 8 heteroatoms. The molecule has 2 rings (SSSR count). The van der Waals surface area contributed by atoms with E-state index in [-0.39, 0.29) is 36.1 Å². The van der Waals surface area contributed by atoms with Gasteiger partial charge in [0.15, 0.2) is 5.82 Å². The van der Waals surface area contributed by atoms with Gasteiger partial charge in [-0.2, -0.15) is 5.10 Å². The van der Waals surface area contributed by atoms with E-state index in [2.05, 4.69) is 15.4 Å². The molecule has 0 aliphatic carbocycles. The maximum Gasteiger partial charge on any atom is 0.243 e. The first kappa shape index (κ1) is 21.4. The van der Waals surface area contributed by atoms with Crippen LogP contribution in [0.3, 0.4) is 0 Å². The van der Waals surface area contributed by atoms with Gasteiger partial charge in [-0.1, -0.05) is 20.8 Å². The molecule has 0 saturated heterocycles. The third kappa shape index (κ3) is 6.17. The van der Waals surface area contributed by atoms with Gasteiger partial charge in [0.1, 0.15) is 0 Å². The van der Waals surface area contributed by atoms with E-state index in [0.717, 1.165) is 5.56 Å². The van der Waals surface area contributed by atoms with E-state index in [9.17, 15) is 4.79 Å². The van der Waals surface area contributed by atoms with Gasteiger partial charge in [0.25, 0.3) is 0 Å². The second-order valence-corrected chi connectivity index (χ2v) is 6.09. The first-order chi connectivity index (χ1) is 9.86. The van der Waals surface area contributed by atoms with Crippen LogP contribution in [0.1, 0.15) is 26.3 Å². The molecule has 0 aromatic carbocycles. The maximum atomic E-state index is 12.0. The predicted octanol–water partition coefficient (Wildman–Crippen LogP) is 2.48. The van der Waals surface area contributed by atoms with Gasteiger partial charge >= 0.3 is 0 Å². The lowest BCUT2D eigenvalue weighted by atomic mass is 9.87. The average Bonchev–Trinajstić information content (AvgIpc) is 2.85. The van der Waals surface area contributed by atoms with Crippen molar-refractivity contribution in [1.82, 2.24) is 14.8 Å². The van der Waals surface area contributed by atoms with Crippen LogP contribution in [0.5, 0.6) is 0 Å². The van der Waals surface area contributed by atoms with Gasteiger partial charge in [0, 0.05) is 24.7 Å². The number of pyridine rings is 1.